The molecule has 0 aromatic rings. The number of hydrogen-bond acceptors (Lipinski definition) is 2. The maximum atomic E-state index is 5.90. The molecule has 0 N–H and O–H groups in total. The lowest BCUT2D eigenvalue weighted by atomic mass is 9.43. The standard InChI is InChI=1S/C54H90N2/c1-33(2)13-11-15-35(5)41-21-23-43-39-19-17-37-29-47-49(31-53(37,9)45(39)25-27-51(41,43)7)55-48-30-38-18-20-40-44-24-22-42(36(6)16-12-14-34(3)4)52(44,8)28-26-46(40)54(38,10)32-50(48)56-47/h33-48H,11-32H2,1-10H3/t35-,36-,37+,38+,39+,40+,41-,42-,43+,44+,45+,46+,47?,48?,51-,52-,53+,54+/m1/s1. The molecule has 9 rings (SSSR count). The third-order valence-electron chi connectivity index (χ3n) is 22.1. The van der Waals surface area contributed by atoms with E-state index in [1.165, 1.54) is 141 Å². The van der Waals surface area contributed by atoms with Gasteiger partial charge in [-0.1, -0.05) is 108 Å². The van der Waals surface area contributed by atoms with Crippen molar-refractivity contribution >= 4 is 11.4 Å². The van der Waals surface area contributed by atoms with Crippen molar-refractivity contribution in [2.75, 3.05) is 0 Å². The quantitative estimate of drug-likeness (QED) is 0.212. The van der Waals surface area contributed by atoms with Gasteiger partial charge in [0.15, 0.2) is 0 Å². The van der Waals surface area contributed by atoms with E-state index in [2.05, 4.69) is 69.2 Å². The van der Waals surface area contributed by atoms with E-state index in [-0.39, 0.29) is 0 Å². The van der Waals surface area contributed by atoms with Gasteiger partial charge in [-0.15, -0.1) is 0 Å². The molecule has 0 aromatic heterocycles. The first-order valence-electron chi connectivity index (χ1n) is 25.8. The van der Waals surface area contributed by atoms with Crippen molar-refractivity contribution in [3.05, 3.63) is 0 Å². The highest BCUT2D eigenvalue weighted by molar-refractivity contribution is 6.02. The number of rotatable bonds is 10. The van der Waals surface area contributed by atoms with E-state index >= 15 is 0 Å². The van der Waals surface area contributed by atoms with E-state index in [0.29, 0.717) is 33.7 Å². The highest BCUT2D eigenvalue weighted by Crippen LogP contribution is 2.70. The molecule has 0 bridgehead atoms. The fourth-order valence-corrected chi connectivity index (χ4v) is 19.2. The van der Waals surface area contributed by atoms with Gasteiger partial charge in [0, 0.05) is 11.4 Å². The van der Waals surface area contributed by atoms with E-state index < -0.39 is 0 Å². The zero-order valence-electron chi connectivity index (χ0n) is 38.7. The van der Waals surface area contributed by atoms with Crippen LogP contribution in [0.4, 0.5) is 0 Å². The van der Waals surface area contributed by atoms with Gasteiger partial charge in [0.05, 0.1) is 12.1 Å². The van der Waals surface area contributed by atoms with Crippen LogP contribution in [0.2, 0.25) is 0 Å². The Morgan fingerprint density at radius 1 is 0.464 bits per heavy atom. The summed E-state index contributed by atoms with van der Waals surface area (Å²) in [6.07, 6.45) is 31.9. The molecular weight excluding hydrogens is 677 g/mol. The molecule has 1 heterocycles. The monoisotopic (exact) mass is 767 g/mol. The Bertz CT molecular complexity index is 1380. The van der Waals surface area contributed by atoms with E-state index in [4.69, 9.17) is 9.98 Å². The first-order chi connectivity index (χ1) is 26.7. The zero-order valence-corrected chi connectivity index (χ0v) is 38.7. The van der Waals surface area contributed by atoms with E-state index in [9.17, 15) is 0 Å². The van der Waals surface area contributed by atoms with Crippen molar-refractivity contribution < 1.29 is 0 Å². The van der Waals surface area contributed by atoms with Crippen LogP contribution in [-0.2, 0) is 0 Å². The van der Waals surface area contributed by atoms with Crippen LogP contribution in [0.3, 0.4) is 0 Å². The minimum Gasteiger partial charge on any atom is -0.282 e. The predicted octanol–water partition coefficient (Wildman–Crippen LogP) is 15.1. The minimum absolute atomic E-state index is 0.411. The molecule has 0 amide bonds. The molecule has 8 aliphatic carbocycles. The molecule has 2 unspecified atom stereocenters. The molecule has 0 spiro atoms. The Morgan fingerprint density at radius 2 is 0.857 bits per heavy atom. The summed E-state index contributed by atoms with van der Waals surface area (Å²) >= 11 is 0. The van der Waals surface area contributed by atoms with Gasteiger partial charge in [0.1, 0.15) is 0 Å². The topological polar surface area (TPSA) is 24.7 Å². The Kier molecular flexibility index (Phi) is 10.9. The van der Waals surface area contributed by atoms with Crippen molar-refractivity contribution in [2.45, 2.75) is 223 Å². The van der Waals surface area contributed by atoms with Gasteiger partial charge in [-0.05, 0) is 207 Å². The first-order valence-corrected chi connectivity index (χ1v) is 25.8. The van der Waals surface area contributed by atoms with Crippen LogP contribution >= 0.6 is 0 Å². The van der Waals surface area contributed by atoms with Crippen LogP contribution in [0, 0.1) is 105 Å². The molecule has 8 fully saturated rings. The second kappa shape index (κ2) is 15.1. The molecule has 8 saturated carbocycles. The fraction of sp³-hybridized carbons (Fsp3) is 0.963. The first kappa shape index (κ1) is 40.7. The molecule has 1 aliphatic heterocycles. The van der Waals surface area contributed by atoms with Gasteiger partial charge in [0.25, 0.3) is 0 Å². The van der Waals surface area contributed by atoms with Crippen LogP contribution in [0.5, 0.6) is 0 Å². The number of nitrogens with zero attached hydrogens (tertiary/aromatic N) is 2. The minimum atomic E-state index is 0.411. The van der Waals surface area contributed by atoms with Crippen LogP contribution in [0.1, 0.15) is 210 Å². The SMILES string of the molecule is CC(C)CCC[C@@H](C)[C@H]1CC[C@H]2[C@@H]3CC[C@H]4CC5N=C6C[C@@]7(C)[C@@H](CC[C@@H]8[C@@H]7CC[C@]7(C)[C@@H]([C@H](C)CCCC(C)C)CC[C@@H]87)CC6N=C5C[C@]4(C)[C@H]3CC[C@]12C. The normalized spacial score (nSPS) is 50.3. The average molecular weight is 767 g/mol. The van der Waals surface area contributed by atoms with Crippen molar-refractivity contribution in [3.8, 4) is 0 Å². The third-order valence-corrected chi connectivity index (χ3v) is 22.1. The third kappa shape index (κ3) is 6.55. The lowest BCUT2D eigenvalue weighted by Gasteiger charge is -2.62. The Morgan fingerprint density at radius 3 is 1.25 bits per heavy atom. The average Bonchev–Trinajstić information content (AvgIpc) is 3.68. The van der Waals surface area contributed by atoms with Crippen LogP contribution < -0.4 is 0 Å². The molecule has 9 aliphatic rings. The fourth-order valence-electron chi connectivity index (χ4n) is 19.2. The van der Waals surface area contributed by atoms with E-state index in [1.54, 1.807) is 11.4 Å². The van der Waals surface area contributed by atoms with Crippen LogP contribution in [0.25, 0.3) is 0 Å². The lowest BCUT2D eigenvalue weighted by Crippen LogP contribution is -2.58. The summed E-state index contributed by atoms with van der Waals surface area (Å²) in [6.45, 7) is 26.1. The van der Waals surface area contributed by atoms with Crippen molar-refractivity contribution in [1.82, 2.24) is 0 Å². The summed E-state index contributed by atoms with van der Waals surface area (Å²) < 4.78 is 0. The molecule has 2 nitrogen and oxygen atoms in total. The molecule has 18 atom stereocenters. The van der Waals surface area contributed by atoms with Crippen LogP contribution in [0.15, 0.2) is 9.98 Å². The van der Waals surface area contributed by atoms with Gasteiger partial charge in [-0.2, -0.15) is 0 Å². The second-order valence-electron chi connectivity index (χ2n) is 25.5. The summed E-state index contributed by atoms with van der Waals surface area (Å²) in [6, 6.07) is 0.823. The maximum absolute atomic E-state index is 5.90. The molecular formula is C54H90N2. The second-order valence-corrected chi connectivity index (χ2v) is 25.5. The smallest absolute Gasteiger partial charge is 0.0879 e. The number of hydrogen-bond donors (Lipinski definition) is 0. The zero-order chi connectivity index (χ0) is 39.4. The summed E-state index contributed by atoms with van der Waals surface area (Å²) in [7, 11) is 0. The molecule has 0 aromatic carbocycles. The molecule has 0 radical (unpaired) electrons. The van der Waals surface area contributed by atoms with Gasteiger partial charge in [-0.3, -0.25) is 9.98 Å². The lowest BCUT2D eigenvalue weighted by molar-refractivity contribution is -0.105. The molecule has 56 heavy (non-hydrogen) atoms. The van der Waals surface area contributed by atoms with Crippen molar-refractivity contribution in [3.63, 3.8) is 0 Å². The molecule has 2 heteroatoms. The van der Waals surface area contributed by atoms with Crippen molar-refractivity contribution in [1.29, 1.82) is 0 Å². The Labute approximate surface area is 347 Å². The largest absolute Gasteiger partial charge is 0.282 e. The molecule has 316 valence electrons. The summed E-state index contributed by atoms with van der Waals surface area (Å²) in [5.41, 5.74) is 5.23. The summed E-state index contributed by atoms with van der Waals surface area (Å²) in [5, 5.41) is 0. The van der Waals surface area contributed by atoms with Gasteiger partial charge in [0.2, 0.25) is 0 Å². The summed E-state index contributed by atoms with van der Waals surface area (Å²) in [4.78, 5) is 11.8. The van der Waals surface area contributed by atoms with Gasteiger partial charge < -0.3 is 0 Å². The maximum Gasteiger partial charge on any atom is 0.0879 e. The van der Waals surface area contributed by atoms with Crippen molar-refractivity contribution in [2.24, 2.45) is 114 Å². The highest BCUT2D eigenvalue weighted by Gasteiger charge is 2.64. The van der Waals surface area contributed by atoms with Gasteiger partial charge >= 0.3 is 0 Å². The van der Waals surface area contributed by atoms with E-state index in [1.807, 2.05) is 0 Å². The van der Waals surface area contributed by atoms with E-state index in [0.717, 1.165) is 82.9 Å². The Balaban J connectivity index is 0.870. The molecule has 0 saturated heterocycles. The predicted molar refractivity (Wildman–Crippen MR) is 239 cm³/mol. The number of aliphatic imine (C=N–C) groups is 2. The van der Waals surface area contributed by atoms with Crippen LogP contribution in [-0.4, -0.2) is 23.5 Å². The summed E-state index contributed by atoms with van der Waals surface area (Å²) in [5.74, 6) is 12.9. The number of fused-ring (bicyclic) bond motifs is 12. The Hall–Kier alpha value is -0.660. The highest BCUT2D eigenvalue weighted by atomic mass is 15.0. The van der Waals surface area contributed by atoms with Gasteiger partial charge in [-0.25, -0.2) is 0 Å².